The lowest BCUT2D eigenvalue weighted by Gasteiger charge is -2.13. The molecule has 1 unspecified atom stereocenters. The number of carboxylic acids is 1. The molecule has 7 heteroatoms. The molecular weight excluding hydrogens is 228 g/mol. The zero-order valence-electron chi connectivity index (χ0n) is 9.93. The molecule has 0 bridgehead atoms. The molecule has 17 heavy (non-hydrogen) atoms. The third-order valence-corrected chi connectivity index (χ3v) is 2.06. The number of hydrogen-bond donors (Lipinski definition) is 3. The first-order valence-corrected chi connectivity index (χ1v) is 5.21. The molecule has 0 aromatic heterocycles. The lowest BCUT2D eigenvalue weighted by molar-refractivity contribution is -0.148. The third-order valence-electron chi connectivity index (χ3n) is 2.06. The summed E-state index contributed by atoms with van der Waals surface area (Å²) < 4.78 is 4.34. The molecule has 0 saturated carbocycles. The van der Waals surface area contributed by atoms with Crippen molar-refractivity contribution in [2.24, 2.45) is 5.73 Å². The molecule has 0 aliphatic heterocycles. The van der Waals surface area contributed by atoms with Gasteiger partial charge >= 0.3 is 11.9 Å². The van der Waals surface area contributed by atoms with Gasteiger partial charge in [-0.3, -0.25) is 9.59 Å². The summed E-state index contributed by atoms with van der Waals surface area (Å²) in [5.41, 5.74) is 5.46. The molecule has 0 rings (SSSR count). The van der Waals surface area contributed by atoms with Crippen molar-refractivity contribution in [1.29, 1.82) is 0 Å². The minimum absolute atomic E-state index is 0.128. The Bertz CT molecular complexity index is 290. The second-order valence-electron chi connectivity index (χ2n) is 3.75. The van der Waals surface area contributed by atoms with Crippen LogP contribution in [0.3, 0.4) is 0 Å². The normalized spacial score (nSPS) is 13.6. The first-order chi connectivity index (χ1) is 7.86. The highest BCUT2D eigenvalue weighted by Crippen LogP contribution is 1.98. The molecule has 0 aromatic carbocycles. The van der Waals surface area contributed by atoms with Crippen molar-refractivity contribution in [1.82, 2.24) is 5.32 Å². The van der Waals surface area contributed by atoms with Crippen molar-refractivity contribution in [3.63, 3.8) is 0 Å². The molecule has 0 aromatic rings. The zero-order valence-corrected chi connectivity index (χ0v) is 9.93. The van der Waals surface area contributed by atoms with Gasteiger partial charge in [-0.05, 0) is 13.3 Å². The molecule has 0 radical (unpaired) electrons. The first kappa shape index (κ1) is 15.4. The number of nitrogens with one attached hydrogen (secondary N) is 1. The summed E-state index contributed by atoms with van der Waals surface area (Å²) in [6, 6.07) is -1.40. The van der Waals surface area contributed by atoms with E-state index in [1.54, 1.807) is 6.92 Å². The number of ether oxygens (including phenoxy) is 1. The summed E-state index contributed by atoms with van der Waals surface area (Å²) in [6.07, 6.45) is 0.189. The van der Waals surface area contributed by atoms with Crippen LogP contribution in [0.2, 0.25) is 0 Å². The third kappa shape index (κ3) is 7.29. The van der Waals surface area contributed by atoms with E-state index < -0.39 is 30.3 Å². The maximum absolute atomic E-state index is 11.4. The van der Waals surface area contributed by atoms with Gasteiger partial charge in [0.2, 0.25) is 5.91 Å². The van der Waals surface area contributed by atoms with Crippen LogP contribution < -0.4 is 11.1 Å². The van der Waals surface area contributed by atoms with Crippen LogP contribution in [0.5, 0.6) is 0 Å². The maximum Gasteiger partial charge on any atom is 0.326 e. The minimum Gasteiger partial charge on any atom is -0.480 e. The van der Waals surface area contributed by atoms with E-state index in [1.807, 2.05) is 0 Å². The predicted molar refractivity (Wildman–Crippen MR) is 59.1 cm³/mol. The number of carbonyl (C=O) groups is 3. The summed E-state index contributed by atoms with van der Waals surface area (Å²) in [5.74, 6) is -2.41. The van der Waals surface area contributed by atoms with Gasteiger partial charge < -0.3 is 20.9 Å². The fraction of sp³-hybridized carbons (Fsp3) is 0.700. The number of amides is 1. The van der Waals surface area contributed by atoms with Crippen molar-refractivity contribution in [2.45, 2.75) is 38.3 Å². The second-order valence-corrected chi connectivity index (χ2v) is 3.75. The molecule has 0 saturated heterocycles. The molecule has 0 aliphatic carbocycles. The molecule has 0 heterocycles. The van der Waals surface area contributed by atoms with Crippen LogP contribution in [0.15, 0.2) is 0 Å². The predicted octanol–water partition coefficient (Wildman–Crippen LogP) is -0.754. The molecule has 2 atom stereocenters. The average molecular weight is 246 g/mol. The molecule has 98 valence electrons. The average Bonchev–Trinajstić information content (AvgIpc) is 2.25. The van der Waals surface area contributed by atoms with Gasteiger partial charge in [0.25, 0.3) is 0 Å². The van der Waals surface area contributed by atoms with Gasteiger partial charge in [0, 0.05) is 12.5 Å². The maximum atomic E-state index is 11.4. The van der Waals surface area contributed by atoms with Gasteiger partial charge in [-0.15, -0.1) is 0 Å². The Morgan fingerprint density at radius 2 is 2.00 bits per heavy atom. The molecule has 0 fully saturated rings. The highest BCUT2D eigenvalue weighted by molar-refractivity contribution is 5.87. The van der Waals surface area contributed by atoms with Gasteiger partial charge in [0.05, 0.1) is 13.5 Å². The van der Waals surface area contributed by atoms with E-state index in [1.165, 1.54) is 0 Å². The van der Waals surface area contributed by atoms with E-state index in [9.17, 15) is 14.4 Å². The summed E-state index contributed by atoms with van der Waals surface area (Å²) >= 11 is 0. The van der Waals surface area contributed by atoms with Gasteiger partial charge in [-0.25, -0.2) is 4.79 Å². The van der Waals surface area contributed by atoms with E-state index in [0.717, 1.165) is 7.11 Å². The van der Waals surface area contributed by atoms with E-state index in [4.69, 9.17) is 10.8 Å². The molecule has 0 aliphatic rings. The number of hydrogen-bond acceptors (Lipinski definition) is 5. The second kappa shape index (κ2) is 7.61. The summed E-state index contributed by atoms with van der Waals surface area (Å²) in [7, 11) is 1.15. The van der Waals surface area contributed by atoms with E-state index >= 15 is 0 Å². The van der Waals surface area contributed by atoms with Crippen molar-refractivity contribution < 1.29 is 24.2 Å². The Kier molecular flexibility index (Phi) is 6.88. The van der Waals surface area contributed by atoms with Crippen LogP contribution in [-0.4, -0.2) is 42.1 Å². The van der Waals surface area contributed by atoms with Gasteiger partial charge in [-0.1, -0.05) is 0 Å². The van der Waals surface area contributed by atoms with Crippen molar-refractivity contribution in [3.8, 4) is 0 Å². The van der Waals surface area contributed by atoms with Crippen LogP contribution in [-0.2, 0) is 19.1 Å². The molecular formula is C10H18N2O5. The highest BCUT2D eigenvalue weighted by Gasteiger charge is 2.23. The Morgan fingerprint density at radius 3 is 2.41 bits per heavy atom. The van der Waals surface area contributed by atoms with Crippen molar-refractivity contribution in [2.75, 3.05) is 7.11 Å². The molecule has 4 N–H and O–H groups in total. The zero-order chi connectivity index (χ0) is 13.4. The molecule has 1 amide bonds. The first-order valence-electron chi connectivity index (χ1n) is 5.21. The largest absolute Gasteiger partial charge is 0.480 e. The van der Waals surface area contributed by atoms with Crippen LogP contribution in [0, 0.1) is 0 Å². The number of nitrogens with two attached hydrogens (primary N) is 1. The quantitative estimate of drug-likeness (QED) is 0.508. The highest BCUT2D eigenvalue weighted by atomic mass is 16.5. The number of methoxy groups -OCH3 is 1. The summed E-state index contributed by atoms with van der Waals surface area (Å²) in [5, 5.41) is 11.0. The lowest BCUT2D eigenvalue weighted by Crippen LogP contribution is -2.42. The smallest absolute Gasteiger partial charge is 0.326 e. The van der Waals surface area contributed by atoms with E-state index in [2.05, 4.69) is 10.1 Å². The lowest BCUT2D eigenvalue weighted by atomic mass is 10.1. The Morgan fingerprint density at radius 1 is 1.41 bits per heavy atom. The summed E-state index contributed by atoms with van der Waals surface area (Å²) in [6.45, 7) is 1.75. The minimum atomic E-state index is -1.27. The fourth-order valence-electron chi connectivity index (χ4n) is 1.08. The SMILES string of the molecule is COC(=O)C[C@H](NC(=O)CCC(C)N)C(=O)O. The Labute approximate surface area is 99.3 Å². The number of rotatable bonds is 7. The summed E-state index contributed by atoms with van der Waals surface area (Å²) in [4.78, 5) is 33.0. The van der Waals surface area contributed by atoms with E-state index in [-0.39, 0.29) is 12.5 Å². The monoisotopic (exact) mass is 246 g/mol. The van der Waals surface area contributed by atoms with Crippen molar-refractivity contribution in [3.05, 3.63) is 0 Å². The Hall–Kier alpha value is -1.63. The van der Waals surface area contributed by atoms with Crippen LogP contribution >= 0.6 is 0 Å². The van der Waals surface area contributed by atoms with Crippen LogP contribution in [0.1, 0.15) is 26.2 Å². The number of esters is 1. The van der Waals surface area contributed by atoms with Crippen molar-refractivity contribution >= 4 is 17.8 Å². The van der Waals surface area contributed by atoms with E-state index in [0.29, 0.717) is 6.42 Å². The van der Waals surface area contributed by atoms with Gasteiger partial charge in [-0.2, -0.15) is 0 Å². The topological polar surface area (TPSA) is 119 Å². The fourth-order valence-corrected chi connectivity index (χ4v) is 1.08. The molecule has 0 spiro atoms. The van der Waals surface area contributed by atoms with Crippen LogP contribution in [0.25, 0.3) is 0 Å². The van der Waals surface area contributed by atoms with Crippen LogP contribution in [0.4, 0.5) is 0 Å². The standard InChI is InChI=1S/C10H18N2O5/c1-6(11)3-4-8(13)12-7(10(15)16)5-9(14)17-2/h6-7H,3-5,11H2,1-2H3,(H,12,13)(H,15,16)/t6?,7-/m0/s1. The number of carboxylic acid groups (broad SMARTS) is 1. The molecule has 7 nitrogen and oxygen atoms in total. The van der Waals surface area contributed by atoms with Gasteiger partial charge in [0.1, 0.15) is 6.04 Å². The number of aliphatic carboxylic acids is 1. The van der Waals surface area contributed by atoms with Gasteiger partial charge in [0.15, 0.2) is 0 Å². The number of carbonyl (C=O) groups excluding carboxylic acids is 2. The Balaban J connectivity index is 4.20.